The summed E-state index contributed by atoms with van der Waals surface area (Å²) in [6.45, 7) is 2.33. The Morgan fingerprint density at radius 3 is 3.10 bits per heavy atom. The number of nitrogens with zero attached hydrogens (tertiary/aromatic N) is 5. The van der Waals surface area contributed by atoms with Gasteiger partial charge in [-0.15, -0.1) is 0 Å². The number of aromatic nitrogens is 4. The van der Waals surface area contributed by atoms with Crippen LogP contribution in [-0.2, 0) is 6.42 Å². The van der Waals surface area contributed by atoms with Gasteiger partial charge in [0.1, 0.15) is 17.2 Å². The fraction of sp³-hybridized carbons (Fsp3) is 0.400. The molecular weight excluding hydrogens is 375 g/mol. The first-order valence-corrected chi connectivity index (χ1v) is 9.50. The van der Waals surface area contributed by atoms with E-state index in [1.54, 1.807) is 19.2 Å². The second-order valence-electron chi connectivity index (χ2n) is 7.30. The van der Waals surface area contributed by atoms with E-state index in [0.717, 1.165) is 18.4 Å². The van der Waals surface area contributed by atoms with Gasteiger partial charge < -0.3 is 15.7 Å². The molecule has 0 amide bonds. The summed E-state index contributed by atoms with van der Waals surface area (Å²) < 4.78 is 23.4. The number of carboxylic acids is 1. The first-order valence-electron chi connectivity index (χ1n) is 10.0. The highest BCUT2D eigenvalue weighted by Gasteiger charge is 2.30. The zero-order valence-corrected chi connectivity index (χ0v) is 16.0. The van der Waals surface area contributed by atoms with Crippen molar-refractivity contribution in [3.8, 4) is 0 Å². The van der Waals surface area contributed by atoms with E-state index < -0.39 is 17.8 Å². The molecule has 0 radical (unpaired) electrons. The Kier molecular flexibility index (Phi) is 4.81. The van der Waals surface area contributed by atoms with Gasteiger partial charge in [-0.2, -0.15) is 5.10 Å². The van der Waals surface area contributed by atoms with Crippen molar-refractivity contribution in [1.82, 2.24) is 19.6 Å². The number of rotatable bonds is 6. The van der Waals surface area contributed by atoms with Gasteiger partial charge in [-0.25, -0.2) is 18.7 Å². The molecule has 3 N–H and O–H groups in total. The van der Waals surface area contributed by atoms with Gasteiger partial charge in [0.15, 0.2) is 5.65 Å². The maximum absolute atomic E-state index is 14.1. The Morgan fingerprint density at radius 1 is 1.52 bits per heavy atom. The number of carbonyl (C=O) groups is 1. The van der Waals surface area contributed by atoms with Gasteiger partial charge in [0.25, 0.3) is 0 Å². The lowest BCUT2D eigenvalue weighted by Crippen LogP contribution is -2.25. The van der Waals surface area contributed by atoms with E-state index in [-0.39, 0.29) is 17.3 Å². The van der Waals surface area contributed by atoms with Crippen molar-refractivity contribution in [2.24, 2.45) is 5.73 Å². The first kappa shape index (κ1) is 18.0. The minimum atomic E-state index is -1.09. The largest absolute Gasteiger partial charge is 0.477 e. The van der Waals surface area contributed by atoms with Crippen molar-refractivity contribution >= 4 is 17.4 Å². The molecule has 3 aromatic rings. The minimum absolute atomic E-state index is 0.0263. The van der Waals surface area contributed by atoms with E-state index in [9.17, 15) is 14.3 Å². The summed E-state index contributed by atoms with van der Waals surface area (Å²) in [5, 5.41) is 13.4. The van der Waals surface area contributed by atoms with Crippen molar-refractivity contribution in [3.63, 3.8) is 0 Å². The number of pyridine rings is 1. The van der Waals surface area contributed by atoms with Gasteiger partial charge in [0.2, 0.25) is 0 Å². The summed E-state index contributed by atoms with van der Waals surface area (Å²) in [6, 6.07) is 2.02. The third kappa shape index (κ3) is 3.77. The average Bonchev–Trinajstić information content (AvgIpc) is 3.32. The molecule has 1 aliphatic heterocycles. The maximum Gasteiger partial charge on any atom is 0.341 e. The predicted octanol–water partition coefficient (Wildman–Crippen LogP) is 2.58. The summed E-state index contributed by atoms with van der Waals surface area (Å²) in [7, 11) is 0. The van der Waals surface area contributed by atoms with E-state index in [2.05, 4.69) is 15.1 Å². The standard InChI is InChI=1S/C20H23FN6O2/c1-12(22)4-5-16-14(9-13(21)10-23-16)17-3-2-7-26(17)18-6-8-27-19(25-18)15(11-24-27)20(28)29/h6,8-12,17H,2-5,7,22H2,1H3,(H,28,29)/i12D. The monoisotopic (exact) mass is 399 g/mol. The number of hydrogen-bond acceptors (Lipinski definition) is 6. The molecule has 1 fully saturated rings. The van der Waals surface area contributed by atoms with Gasteiger partial charge in [-0.3, -0.25) is 4.98 Å². The molecule has 29 heavy (non-hydrogen) atoms. The van der Waals surface area contributed by atoms with Crippen molar-refractivity contribution in [2.75, 3.05) is 11.4 Å². The lowest BCUT2D eigenvalue weighted by Gasteiger charge is -2.27. The number of aromatic carboxylic acids is 1. The van der Waals surface area contributed by atoms with Crippen LogP contribution in [0.1, 0.15) is 55.2 Å². The molecular formula is C20H23FN6O2. The van der Waals surface area contributed by atoms with Crippen LogP contribution in [0.2, 0.25) is 0 Å². The van der Waals surface area contributed by atoms with Crippen LogP contribution < -0.4 is 10.6 Å². The lowest BCUT2D eigenvalue weighted by molar-refractivity contribution is 0.0698. The van der Waals surface area contributed by atoms with Crippen molar-refractivity contribution < 1.29 is 15.7 Å². The topological polar surface area (TPSA) is 110 Å². The lowest BCUT2D eigenvalue weighted by atomic mass is 9.98. The summed E-state index contributed by atoms with van der Waals surface area (Å²) in [5.41, 5.74) is 7.56. The van der Waals surface area contributed by atoms with E-state index in [4.69, 9.17) is 7.10 Å². The molecule has 1 aliphatic rings. The second kappa shape index (κ2) is 7.75. The van der Waals surface area contributed by atoms with Crippen LogP contribution >= 0.6 is 0 Å². The highest BCUT2D eigenvalue weighted by molar-refractivity contribution is 5.94. The number of hydrogen-bond donors (Lipinski definition) is 2. The average molecular weight is 399 g/mol. The minimum Gasteiger partial charge on any atom is -0.477 e. The molecule has 3 aromatic heterocycles. The third-order valence-electron chi connectivity index (χ3n) is 5.22. The second-order valence-corrected chi connectivity index (χ2v) is 7.30. The summed E-state index contributed by atoms with van der Waals surface area (Å²) in [4.78, 5) is 22.3. The number of nitrogens with two attached hydrogens (primary N) is 1. The Hall–Kier alpha value is -3.07. The van der Waals surface area contributed by atoms with E-state index >= 15 is 0 Å². The SMILES string of the molecule is [2H]C(C)(N)CCc1ncc(F)cc1C1CCCN1c1ccn2ncc(C(=O)O)c2n1. The molecule has 4 heterocycles. The molecule has 152 valence electrons. The molecule has 2 unspecified atom stereocenters. The Bertz CT molecular complexity index is 1100. The summed E-state index contributed by atoms with van der Waals surface area (Å²) >= 11 is 0. The van der Waals surface area contributed by atoms with Crippen LogP contribution in [-0.4, -0.2) is 43.2 Å². The molecule has 1 saturated heterocycles. The van der Waals surface area contributed by atoms with Gasteiger partial charge in [-0.05, 0) is 50.3 Å². The Morgan fingerprint density at radius 2 is 2.34 bits per heavy atom. The highest BCUT2D eigenvalue weighted by atomic mass is 19.1. The predicted molar refractivity (Wildman–Crippen MR) is 105 cm³/mol. The zero-order chi connectivity index (χ0) is 21.5. The van der Waals surface area contributed by atoms with Crippen LogP contribution in [0.25, 0.3) is 5.65 Å². The number of halogens is 1. The van der Waals surface area contributed by atoms with Crippen molar-refractivity contribution in [2.45, 2.75) is 44.7 Å². The molecule has 8 nitrogen and oxygen atoms in total. The number of carboxylic acid groups (broad SMARTS) is 1. The van der Waals surface area contributed by atoms with E-state index in [1.165, 1.54) is 23.0 Å². The molecule has 0 bridgehead atoms. The quantitative estimate of drug-likeness (QED) is 0.655. The molecule has 0 saturated carbocycles. The van der Waals surface area contributed by atoms with Gasteiger partial charge >= 0.3 is 5.97 Å². The summed E-state index contributed by atoms with van der Waals surface area (Å²) in [5.74, 6) is -0.911. The third-order valence-corrected chi connectivity index (χ3v) is 5.22. The first-order chi connectivity index (χ1) is 14.2. The van der Waals surface area contributed by atoms with Gasteiger partial charge in [-0.1, -0.05) is 0 Å². The van der Waals surface area contributed by atoms with Gasteiger partial charge in [0, 0.05) is 25.8 Å². The number of aryl methyl sites for hydroxylation is 1. The fourth-order valence-corrected chi connectivity index (χ4v) is 3.83. The molecule has 0 aromatic carbocycles. The van der Waals surface area contributed by atoms with Crippen LogP contribution in [0.5, 0.6) is 0 Å². The maximum atomic E-state index is 14.1. The van der Waals surface area contributed by atoms with Crippen LogP contribution in [0.15, 0.2) is 30.7 Å². The van der Waals surface area contributed by atoms with E-state index in [1.807, 2.05) is 4.90 Å². The number of fused-ring (bicyclic) bond motifs is 1. The van der Waals surface area contributed by atoms with Crippen LogP contribution in [0, 0.1) is 5.82 Å². The molecule has 9 heteroatoms. The summed E-state index contributed by atoms with van der Waals surface area (Å²) in [6.07, 6.45) is 6.66. The highest BCUT2D eigenvalue weighted by Crippen LogP contribution is 2.37. The smallest absolute Gasteiger partial charge is 0.341 e. The van der Waals surface area contributed by atoms with Crippen molar-refractivity contribution in [3.05, 3.63) is 53.4 Å². The zero-order valence-electron chi connectivity index (χ0n) is 17.0. The van der Waals surface area contributed by atoms with E-state index in [0.29, 0.717) is 30.9 Å². The normalized spacial score (nSPS) is 19.3. The molecule has 0 aliphatic carbocycles. The van der Waals surface area contributed by atoms with Crippen molar-refractivity contribution in [1.29, 1.82) is 0 Å². The molecule has 0 spiro atoms. The number of anilines is 1. The Labute approximate surface area is 168 Å². The fourth-order valence-electron chi connectivity index (χ4n) is 3.83. The molecule has 4 rings (SSSR count). The molecule has 2 atom stereocenters. The Balaban J connectivity index is 1.71. The van der Waals surface area contributed by atoms with Crippen LogP contribution in [0.4, 0.5) is 10.2 Å². The van der Waals surface area contributed by atoms with Crippen LogP contribution in [0.3, 0.4) is 0 Å². The van der Waals surface area contributed by atoms with Gasteiger partial charge in [0.05, 0.1) is 18.4 Å².